The zero-order valence-corrected chi connectivity index (χ0v) is 13.7. The van der Waals surface area contributed by atoms with E-state index >= 15 is 0 Å². The second-order valence-electron chi connectivity index (χ2n) is 4.28. The third-order valence-electron chi connectivity index (χ3n) is 2.55. The molecule has 0 aromatic carbocycles. The predicted octanol–water partition coefficient (Wildman–Crippen LogP) is 1.73. The predicted molar refractivity (Wildman–Crippen MR) is 89.8 cm³/mol. The van der Waals surface area contributed by atoms with E-state index in [4.69, 9.17) is 14.8 Å². The zero-order chi connectivity index (χ0) is 15.5. The van der Waals surface area contributed by atoms with Crippen LogP contribution in [0.25, 0.3) is 0 Å². The molecule has 120 valence electrons. The van der Waals surface area contributed by atoms with Crippen molar-refractivity contribution in [2.24, 2.45) is 10.7 Å². The van der Waals surface area contributed by atoms with Crippen LogP contribution in [0.4, 0.5) is 0 Å². The second kappa shape index (κ2) is 10.2. The first-order valence-corrected chi connectivity index (χ1v) is 9.13. The molecule has 2 aromatic rings. The van der Waals surface area contributed by atoms with Crippen LogP contribution < -0.4 is 11.1 Å². The first-order chi connectivity index (χ1) is 10.8. The Hall–Kier alpha value is -1.61. The van der Waals surface area contributed by atoms with E-state index in [2.05, 4.69) is 20.6 Å². The van der Waals surface area contributed by atoms with Crippen molar-refractivity contribution in [3.63, 3.8) is 0 Å². The standard InChI is InChI=1S/C13H19N5O2S2/c14-13(15-3-7-21-9-11-1-5-19-17-11)16-4-8-22-10-12-2-6-20-18-12/h1-2,5-6H,3-4,7-10H2,(H3,14,15,16). The maximum absolute atomic E-state index is 5.79. The van der Waals surface area contributed by atoms with Crippen LogP contribution in [0.1, 0.15) is 11.4 Å². The number of guanidine groups is 1. The molecule has 0 saturated heterocycles. The summed E-state index contributed by atoms with van der Waals surface area (Å²) in [6.45, 7) is 1.47. The molecule has 0 radical (unpaired) electrons. The highest BCUT2D eigenvalue weighted by molar-refractivity contribution is 7.98. The number of nitrogens with one attached hydrogen (secondary N) is 1. The SMILES string of the molecule is NC(=NCCSCc1ccon1)NCCSCc1ccon1. The molecule has 0 spiro atoms. The van der Waals surface area contributed by atoms with E-state index < -0.39 is 0 Å². The highest BCUT2D eigenvalue weighted by Crippen LogP contribution is 2.09. The van der Waals surface area contributed by atoms with Gasteiger partial charge in [-0.15, -0.1) is 0 Å². The molecule has 7 nitrogen and oxygen atoms in total. The molecule has 0 bridgehead atoms. The van der Waals surface area contributed by atoms with Crippen LogP contribution in [-0.2, 0) is 11.5 Å². The fourth-order valence-electron chi connectivity index (χ4n) is 1.52. The molecule has 3 N–H and O–H groups in total. The Morgan fingerprint density at radius 1 is 1.09 bits per heavy atom. The molecule has 0 aliphatic carbocycles. The fourth-order valence-corrected chi connectivity index (χ4v) is 2.99. The van der Waals surface area contributed by atoms with Gasteiger partial charge in [0.05, 0.1) is 17.9 Å². The van der Waals surface area contributed by atoms with Gasteiger partial charge in [0.1, 0.15) is 12.5 Å². The Morgan fingerprint density at radius 3 is 2.32 bits per heavy atom. The van der Waals surface area contributed by atoms with Crippen molar-refractivity contribution in [1.82, 2.24) is 15.6 Å². The number of nitrogens with two attached hydrogens (primary N) is 1. The van der Waals surface area contributed by atoms with Crippen LogP contribution in [-0.4, -0.2) is 40.9 Å². The number of rotatable bonds is 10. The van der Waals surface area contributed by atoms with Gasteiger partial charge < -0.3 is 20.1 Å². The lowest BCUT2D eigenvalue weighted by molar-refractivity contribution is 0.414. The minimum atomic E-state index is 0.490. The van der Waals surface area contributed by atoms with Crippen molar-refractivity contribution in [1.29, 1.82) is 0 Å². The Labute approximate surface area is 137 Å². The molecule has 22 heavy (non-hydrogen) atoms. The van der Waals surface area contributed by atoms with Crippen molar-refractivity contribution in [3.05, 3.63) is 36.0 Å². The number of aromatic nitrogens is 2. The van der Waals surface area contributed by atoms with Gasteiger partial charge >= 0.3 is 0 Å². The number of hydrogen-bond donors (Lipinski definition) is 2. The number of aliphatic imine (C=N–C) groups is 1. The molecule has 0 saturated carbocycles. The third-order valence-corrected chi connectivity index (χ3v) is 4.52. The summed E-state index contributed by atoms with van der Waals surface area (Å²) in [6.07, 6.45) is 3.16. The molecule has 2 heterocycles. The molecule has 0 aliphatic heterocycles. The summed E-state index contributed by atoms with van der Waals surface area (Å²) in [5, 5.41) is 10.8. The van der Waals surface area contributed by atoms with Gasteiger partial charge in [-0.3, -0.25) is 4.99 Å². The van der Waals surface area contributed by atoms with E-state index in [-0.39, 0.29) is 0 Å². The minimum absolute atomic E-state index is 0.490. The Balaban J connectivity index is 1.45. The zero-order valence-electron chi connectivity index (χ0n) is 12.1. The van der Waals surface area contributed by atoms with E-state index in [1.807, 2.05) is 12.1 Å². The topological polar surface area (TPSA) is 102 Å². The van der Waals surface area contributed by atoms with Crippen LogP contribution in [0.3, 0.4) is 0 Å². The van der Waals surface area contributed by atoms with Crippen molar-refractivity contribution in [2.75, 3.05) is 24.6 Å². The Kier molecular flexibility index (Phi) is 7.75. The summed E-state index contributed by atoms with van der Waals surface area (Å²) in [5.74, 6) is 4.00. The number of thioether (sulfide) groups is 2. The van der Waals surface area contributed by atoms with Crippen LogP contribution in [0.15, 0.2) is 38.7 Å². The smallest absolute Gasteiger partial charge is 0.188 e. The molecule has 0 aliphatic rings. The van der Waals surface area contributed by atoms with Crippen LogP contribution in [0.2, 0.25) is 0 Å². The maximum atomic E-state index is 5.79. The summed E-state index contributed by atoms with van der Waals surface area (Å²) in [5.41, 5.74) is 7.70. The fraction of sp³-hybridized carbons (Fsp3) is 0.462. The third kappa shape index (κ3) is 6.90. The van der Waals surface area contributed by atoms with Crippen molar-refractivity contribution in [3.8, 4) is 0 Å². The summed E-state index contributed by atoms with van der Waals surface area (Å²) in [6, 6.07) is 3.73. The summed E-state index contributed by atoms with van der Waals surface area (Å²) in [4.78, 5) is 4.27. The van der Waals surface area contributed by atoms with Gasteiger partial charge in [0.15, 0.2) is 5.96 Å². The molecule has 2 aromatic heterocycles. The van der Waals surface area contributed by atoms with E-state index in [9.17, 15) is 0 Å². The lowest BCUT2D eigenvalue weighted by Gasteiger charge is -2.04. The number of hydrogen-bond acceptors (Lipinski definition) is 7. The first-order valence-electron chi connectivity index (χ1n) is 6.82. The van der Waals surface area contributed by atoms with Crippen molar-refractivity contribution < 1.29 is 9.05 Å². The van der Waals surface area contributed by atoms with Crippen LogP contribution >= 0.6 is 23.5 Å². The molecular weight excluding hydrogens is 322 g/mol. The second-order valence-corrected chi connectivity index (χ2v) is 6.49. The quantitative estimate of drug-likeness (QED) is 0.383. The summed E-state index contributed by atoms with van der Waals surface area (Å²) >= 11 is 3.52. The highest BCUT2D eigenvalue weighted by Gasteiger charge is 1.98. The van der Waals surface area contributed by atoms with E-state index in [0.29, 0.717) is 12.5 Å². The molecule has 0 fully saturated rings. The van der Waals surface area contributed by atoms with Gasteiger partial charge in [-0.05, 0) is 0 Å². The van der Waals surface area contributed by atoms with Crippen LogP contribution in [0.5, 0.6) is 0 Å². The average Bonchev–Trinajstić information content (AvgIpc) is 3.19. The highest BCUT2D eigenvalue weighted by atomic mass is 32.2. The lowest BCUT2D eigenvalue weighted by atomic mass is 10.5. The van der Waals surface area contributed by atoms with E-state index in [0.717, 1.165) is 40.9 Å². The molecule has 0 amide bonds. The van der Waals surface area contributed by atoms with Gasteiger partial charge in [-0.2, -0.15) is 23.5 Å². The summed E-state index contributed by atoms with van der Waals surface area (Å²) in [7, 11) is 0. The van der Waals surface area contributed by atoms with Gasteiger partial charge in [-0.1, -0.05) is 10.3 Å². The van der Waals surface area contributed by atoms with Gasteiger partial charge in [0.2, 0.25) is 0 Å². The summed E-state index contributed by atoms with van der Waals surface area (Å²) < 4.78 is 9.53. The average molecular weight is 341 g/mol. The van der Waals surface area contributed by atoms with Crippen LogP contribution in [0, 0.1) is 0 Å². The molecule has 0 atom stereocenters. The van der Waals surface area contributed by atoms with Crippen molar-refractivity contribution in [2.45, 2.75) is 11.5 Å². The van der Waals surface area contributed by atoms with Gasteiger partial charge in [0.25, 0.3) is 0 Å². The Bertz CT molecular complexity index is 531. The van der Waals surface area contributed by atoms with E-state index in [1.54, 1.807) is 36.1 Å². The molecule has 9 heteroatoms. The molecule has 2 rings (SSSR count). The molecular formula is C13H19N5O2S2. The minimum Gasteiger partial charge on any atom is -0.370 e. The maximum Gasteiger partial charge on any atom is 0.188 e. The number of nitrogens with zero attached hydrogens (tertiary/aromatic N) is 3. The normalized spacial score (nSPS) is 11.7. The molecule has 0 unspecified atom stereocenters. The monoisotopic (exact) mass is 341 g/mol. The Morgan fingerprint density at radius 2 is 1.73 bits per heavy atom. The van der Waals surface area contributed by atoms with E-state index in [1.165, 1.54) is 0 Å². The van der Waals surface area contributed by atoms with Gasteiger partial charge in [0, 0.05) is 41.7 Å². The lowest BCUT2D eigenvalue weighted by Crippen LogP contribution is -2.33. The van der Waals surface area contributed by atoms with Gasteiger partial charge in [-0.25, -0.2) is 0 Å². The van der Waals surface area contributed by atoms with Crippen molar-refractivity contribution >= 4 is 29.5 Å². The largest absolute Gasteiger partial charge is 0.370 e. The first kappa shape index (κ1) is 16.8.